The smallest absolute Gasteiger partial charge is 0.223 e. The zero-order valence-electron chi connectivity index (χ0n) is 18.1. The quantitative estimate of drug-likeness (QED) is 0.691. The molecule has 8 heteroatoms. The number of carbonyl (C=O) groups excluding carboxylic acids is 1. The van der Waals surface area contributed by atoms with Crippen LogP contribution in [0.5, 0.6) is 0 Å². The van der Waals surface area contributed by atoms with E-state index in [4.69, 9.17) is 0 Å². The number of amides is 1. The van der Waals surface area contributed by atoms with Crippen molar-refractivity contribution in [2.75, 3.05) is 26.2 Å². The van der Waals surface area contributed by atoms with Crippen LogP contribution in [0.3, 0.4) is 0 Å². The molecule has 2 saturated heterocycles. The molecule has 5 nitrogen and oxygen atoms in total. The van der Waals surface area contributed by atoms with Crippen LogP contribution in [-0.4, -0.2) is 52.9 Å². The molecule has 0 atom stereocenters. The van der Waals surface area contributed by atoms with E-state index in [0.29, 0.717) is 25.7 Å². The second-order valence-corrected chi connectivity index (χ2v) is 8.72. The standard InChI is InChI=1S/C24H29F3N4O/c25-21-3-4-22(26)23(27)20(21)16-30-10-7-19(8-11-30)31-12-5-18(6-13-31)24(32)29-15-17-2-1-9-28-14-17/h1-4,9,14,18-19H,5-8,10-13,15-16H2,(H,29,32). The Labute approximate surface area is 186 Å². The van der Waals surface area contributed by atoms with E-state index in [9.17, 15) is 18.0 Å². The summed E-state index contributed by atoms with van der Waals surface area (Å²) in [4.78, 5) is 21.0. The van der Waals surface area contributed by atoms with E-state index >= 15 is 0 Å². The molecule has 0 spiro atoms. The van der Waals surface area contributed by atoms with Crippen LogP contribution in [0.2, 0.25) is 0 Å². The minimum absolute atomic E-state index is 0.0296. The summed E-state index contributed by atoms with van der Waals surface area (Å²) >= 11 is 0. The highest BCUT2D eigenvalue weighted by Crippen LogP contribution is 2.26. The van der Waals surface area contributed by atoms with Gasteiger partial charge in [-0.05, 0) is 75.6 Å². The Hall–Kier alpha value is -2.45. The van der Waals surface area contributed by atoms with Gasteiger partial charge in [0.2, 0.25) is 5.91 Å². The lowest BCUT2D eigenvalue weighted by Gasteiger charge is -2.41. The lowest BCUT2D eigenvalue weighted by Crippen LogP contribution is -2.49. The first kappa shape index (κ1) is 22.7. The number of piperidine rings is 2. The molecule has 1 N–H and O–H groups in total. The van der Waals surface area contributed by atoms with Gasteiger partial charge in [0.1, 0.15) is 5.82 Å². The Bertz CT molecular complexity index is 911. The number of rotatable bonds is 6. The minimum Gasteiger partial charge on any atom is -0.352 e. The number of nitrogens with one attached hydrogen (secondary N) is 1. The molecule has 1 amide bonds. The Morgan fingerprint density at radius 2 is 1.72 bits per heavy atom. The van der Waals surface area contributed by atoms with Crippen molar-refractivity contribution in [2.24, 2.45) is 5.92 Å². The molecule has 3 heterocycles. The van der Waals surface area contributed by atoms with E-state index in [1.807, 2.05) is 17.0 Å². The number of aromatic nitrogens is 1. The van der Waals surface area contributed by atoms with E-state index < -0.39 is 17.5 Å². The lowest BCUT2D eigenvalue weighted by molar-refractivity contribution is -0.126. The van der Waals surface area contributed by atoms with E-state index in [1.54, 1.807) is 12.4 Å². The highest BCUT2D eigenvalue weighted by atomic mass is 19.2. The summed E-state index contributed by atoms with van der Waals surface area (Å²) in [6, 6.07) is 6.02. The fourth-order valence-electron chi connectivity index (χ4n) is 4.74. The molecule has 2 aromatic rings. The highest BCUT2D eigenvalue weighted by molar-refractivity contribution is 5.78. The first-order valence-corrected chi connectivity index (χ1v) is 11.3. The lowest BCUT2D eigenvalue weighted by atomic mass is 9.92. The molecule has 2 aliphatic rings. The molecule has 172 valence electrons. The van der Waals surface area contributed by atoms with Gasteiger partial charge in [0.05, 0.1) is 0 Å². The molecule has 0 radical (unpaired) electrons. The highest BCUT2D eigenvalue weighted by Gasteiger charge is 2.31. The predicted molar refractivity (Wildman–Crippen MR) is 115 cm³/mol. The van der Waals surface area contributed by atoms with Crippen LogP contribution in [-0.2, 0) is 17.9 Å². The largest absolute Gasteiger partial charge is 0.352 e. The number of likely N-dealkylation sites (tertiary alicyclic amines) is 2. The molecule has 4 rings (SSSR count). The van der Waals surface area contributed by atoms with Crippen molar-refractivity contribution >= 4 is 5.91 Å². The molecular formula is C24H29F3N4O. The zero-order valence-corrected chi connectivity index (χ0v) is 18.1. The summed E-state index contributed by atoms with van der Waals surface area (Å²) in [7, 11) is 0. The van der Waals surface area contributed by atoms with Gasteiger partial charge in [-0.1, -0.05) is 6.07 Å². The third kappa shape index (κ3) is 5.48. The van der Waals surface area contributed by atoms with Crippen molar-refractivity contribution < 1.29 is 18.0 Å². The average Bonchev–Trinajstić information content (AvgIpc) is 2.84. The van der Waals surface area contributed by atoms with Gasteiger partial charge >= 0.3 is 0 Å². The summed E-state index contributed by atoms with van der Waals surface area (Å²) in [5.74, 6) is -2.67. The van der Waals surface area contributed by atoms with Crippen LogP contribution in [0.4, 0.5) is 13.2 Å². The molecule has 0 saturated carbocycles. The first-order chi connectivity index (χ1) is 15.5. The molecule has 1 aromatic carbocycles. The summed E-state index contributed by atoms with van der Waals surface area (Å²) in [6.45, 7) is 3.77. The Kier molecular flexibility index (Phi) is 7.42. The van der Waals surface area contributed by atoms with Gasteiger partial charge in [-0.3, -0.25) is 14.7 Å². The van der Waals surface area contributed by atoms with Crippen LogP contribution < -0.4 is 5.32 Å². The van der Waals surface area contributed by atoms with Crippen molar-refractivity contribution in [1.82, 2.24) is 20.1 Å². The number of pyridine rings is 1. The Balaban J connectivity index is 1.20. The minimum atomic E-state index is -1.09. The summed E-state index contributed by atoms with van der Waals surface area (Å²) in [5, 5.41) is 3.01. The van der Waals surface area contributed by atoms with E-state index in [1.165, 1.54) is 0 Å². The normalized spacial score (nSPS) is 19.2. The zero-order chi connectivity index (χ0) is 22.5. The van der Waals surface area contributed by atoms with E-state index in [2.05, 4.69) is 15.2 Å². The second kappa shape index (κ2) is 10.4. The monoisotopic (exact) mass is 446 g/mol. The maximum Gasteiger partial charge on any atom is 0.223 e. The fourth-order valence-corrected chi connectivity index (χ4v) is 4.74. The topological polar surface area (TPSA) is 48.5 Å². The van der Waals surface area contributed by atoms with Crippen molar-refractivity contribution in [1.29, 1.82) is 0 Å². The fraction of sp³-hybridized carbons (Fsp3) is 0.500. The summed E-state index contributed by atoms with van der Waals surface area (Å²) in [5.41, 5.74) is 0.796. The van der Waals surface area contributed by atoms with Gasteiger partial charge in [0.15, 0.2) is 11.6 Å². The number of nitrogens with zero attached hydrogens (tertiary/aromatic N) is 3. The molecule has 2 aliphatic heterocycles. The first-order valence-electron chi connectivity index (χ1n) is 11.3. The maximum atomic E-state index is 14.0. The van der Waals surface area contributed by atoms with Crippen LogP contribution in [0.15, 0.2) is 36.7 Å². The van der Waals surface area contributed by atoms with Gasteiger partial charge in [-0.2, -0.15) is 0 Å². The van der Waals surface area contributed by atoms with Crippen LogP contribution in [0, 0.1) is 23.4 Å². The van der Waals surface area contributed by atoms with E-state index in [0.717, 1.165) is 56.5 Å². The Morgan fingerprint density at radius 3 is 2.41 bits per heavy atom. The molecule has 0 unspecified atom stereocenters. The third-order valence-corrected chi connectivity index (χ3v) is 6.68. The SMILES string of the molecule is O=C(NCc1cccnc1)C1CCN(C2CCN(Cc3c(F)ccc(F)c3F)CC2)CC1. The van der Waals surface area contributed by atoms with Crippen molar-refractivity contribution in [3.8, 4) is 0 Å². The van der Waals surface area contributed by atoms with Gasteiger partial charge in [-0.25, -0.2) is 13.2 Å². The molecule has 32 heavy (non-hydrogen) atoms. The Morgan fingerprint density at radius 1 is 1.00 bits per heavy atom. The molecule has 0 aliphatic carbocycles. The molecule has 0 bridgehead atoms. The average molecular weight is 447 g/mol. The van der Waals surface area contributed by atoms with Crippen molar-refractivity contribution in [3.63, 3.8) is 0 Å². The van der Waals surface area contributed by atoms with Gasteiger partial charge in [-0.15, -0.1) is 0 Å². The number of hydrogen-bond acceptors (Lipinski definition) is 4. The number of carbonyl (C=O) groups is 1. The second-order valence-electron chi connectivity index (χ2n) is 8.72. The molecule has 2 fully saturated rings. The van der Waals surface area contributed by atoms with Gasteiger partial charge in [0.25, 0.3) is 0 Å². The molecule has 1 aromatic heterocycles. The summed E-state index contributed by atoms with van der Waals surface area (Å²) < 4.78 is 41.3. The van der Waals surface area contributed by atoms with Crippen LogP contribution in [0.1, 0.15) is 36.8 Å². The number of hydrogen-bond donors (Lipinski definition) is 1. The van der Waals surface area contributed by atoms with Crippen LogP contribution >= 0.6 is 0 Å². The number of benzene rings is 1. The van der Waals surface area contributed by atoms with Crippen molar-refractivity contribution in [2.45, 2.75) is 44.8 Å². The maximum absolute atomic E-state index is 14.0. The van der Waals surface area contributed by atoms with Crippen LogP contribution in [0.25, 0.3) is 0 Å². The predicted octanol–water partition coefficient (Wildman–Crippen LogP) is 3.49. The van der Waals surface area contributed by atoms with Gasteiger partial charge < -0.3 is 10.2 Å². The van der Waals surface area contributed by atoms with Crippen molar-refractivity contribution in [3.05, 3.63) is 65.2 Å². The third-order valence-electron chi connectivity index (χ3n) is 6.68. The molecular weight excluding hydrogens is 417 g/mol. The van der Waals surface area contributed by atoms with Gasteiger partial charge in [0, 0.05) is 43.0 Å². The van der Waals surface area contributed by atoms with E-state index in [-0.39, 0.29) is 23.9 Å². The summed E-state index contributed by atoms with van der Waals surface area (Å²) in [6.07, 6.45) is 6.93. The number of halogens is 3.